The predicted molar refractivity (Wildman–Crippen MR) is 161 cm³/mol. The molecule has 0 saturated heterocycles. The van der Waals surface area contributed by atoms with E-state index in [1.807, 2.05) is 18.2 Å². The zero-order chi connectivity index (χ0) is 30.5. The summed E-state index contributed by atoms with van der Waals surface area (Å²) < 4.78 is 5.31. The summed E-state index contributed by atoms with van der Waals surface area (Å²) in [4.78, 5) is 52.2. The summed E-state index contributed by atoms with van der Waals surface area (Å²) >= 11 is 12.0. The Morgan fingerprint density at radius 3 is 2.24 bits per heavy atom. The Hall–Kier alpha value is -3.30. The van der Waals surface area contributed by atoms with Gasteiger partial charge in [-0.1, -0.05) is 79.6 Å². The average molecular weight is 621 g/mol. The van der Waals surface area contributed by atoms with Gasteiger partial charge in [0.2, 0.25) is 11.8 Å². The number of halogens is 2. The van der Waals surface area contributed by atoms with Gasteiger partial charge in [0.15, 0.2) is 0 Å². The Labute approximate surface area is 256 Å². The predicted octanol–water partition coefficient (Wildman–Crippen LogP) is 5.61. The summed E-state index contributed by atoms with van der Waals surface area (Å²) in [5.74, 6) is -1.88. The van der Waals surface area contributed by atoms with Gasteiger partial charge in [0.1, 0.15) is 18.7 Å². The number of nitrogens with one attached hydrogen (secondary N) is 2. The molecule has 0 unspecified atom stereocenters. The zero-order valence-corrected chi connectivity index (χ0v) is 25.3. The van der Waals surface area contributed by atoms with Crippen molar-refractivity contribution in [3.05, 3.63) is 69.7 Å². The maximum Gasteiger partial charge on any atom is 0.408 e. The first kappa shape index (κ1) is 33.2. The minimum atomic E-state index is -1.29. The normalized spacial score (nSPS) is 14.8. The molecule has 228 valence electrons. The van der Waals surface area contributed by atoms with E-state index in [1.165, 1.54) is 4.90 Å². The van der Waals surface area contributed by atoms with Crippen LogP contribution in [0.5, 0.6) is 0 Å². The van der Waals surface area contributed by atoms with Crippen LogP contribution in [0.3, 0.4) is 0 Å². The van der Waals surface area contributed by atoms with Crippen molar-refractivity contribution in [1.82, 2.24) is 15.5 Å². The molecule has 3 rings (SSSR count). The number of hydrogen-bond acceptors (Lipinski definition) is 5. The Morgan fingerprint density at radius 2 is 1.60 bits per heavy atom. The number of rotatable bonds is 14. The Balaban J connectivity index is 1.55. The second-order valence-corrected chi connectivity index (χ2v) is 11.6. The quantitative estimate of drug-likeness (QED) is 0.252. The molecule has 1 aliphatic carbocycles. The Morgan fingerprint density at radius 1 is 0.952 bits per heavy atom. The van der Waals surface area contributed by atoms with E-state index in [0.717, 1.165) is 37.7 Å². The Bertz CT molecular complexity index is 1220. The molecular weight excluding hydrogens is 581 g/mol. The molecule has 0 aliphatic heterocycles. The number of carboxylic acid groups (broad SMARTS) is 1. The summed E-state index contributed by atoms with van der Waals surface area (Å²) in [5, 5.41) is 16.1. The van der Waals surface area contributed by atoms with Crippen molar-refractivity contribution in [2.75, 3.05) is 13.6 Å². The van der Waals surface area contributed by atoms with Crippen LogP contribution in [0.2, 0.25) is 10.0 Å². The summed E-state index contributed by atoms with van der Waals surface area (Å²) in [6.45, 7) is 0.406. The lowest BCUT2D eigenvalue weighted by Crippen LogP contribution is -2.52. The van der Waals surface area contributed by atoms with Gasteiger partial charge in [0, 0.05) is 30.1 Å². The minimum absolute atomic E-state index is 0.0329. The maximum absolute atomic E-state index is 13.3. The number of benzene rings is 2. The van der Waals surface area contributed by atoms with Crippen LogP contribution in [0.1, 0.15) is 62.5 Å². The van der Waals surface area contributed by atoms with E-state index in [-0.39, 0.29) is 31.3 Å². The molecule has 1 fully saturated rings. The number of alkyl carbamates (subject to hydrolysis) is 1. The van der Waals surface area contributed by atoms with E-state index in [9.17, 15) is 24.3 Å². The van der Waals surface area contributed by atoms with Gasteiger partial charge >= 0.3 is 12.1 Å². The molecule has 3 N–H and O–H groups in total. The first-order valence-electron chi connectivity index (χ1n) is 14.3. The van der Waals surface area contributed by atoms with E-state index in [0.29, 0.717) is 35.0 Å². The van der Waals surface area contributed by atoms with Gasteiger partial charge in [-0.2, -0.15) is 0 Å². The van der Waals surface area contributed by atoms with Gasteiger partial charge < -0.3 is 25.4 Å². The Kier molecular flexibility index (Phi) is 13.4. The van der Waals surface area contributed by atoms with Gasteiger partial charge in [-0.05, 0) is 60.6 Å². The van der Waals surface area contributed by atoms with E-state index < -0.39 is 30.1 Å². The van der Waals surface area contributed by atoms with Crippen LogP contribution < -0.4 is 10.6 Å². The third kappa shape index (κ3) is 11.5. The minimum Gasteiger partial charge on any atom is -0.480 e. The van der Waals surface area contributed by atoms with Crippen molar-refractivity contribution in [2.24, 2.45) is 5.92 Å². The molecule has 0 bridgehead atoms. The fraction of sp³-hybridized carbons (Fsp3) is 0.484. The van der Waals surface area contributed by atoms with E-state index in [2.05, 4.69) is 10.6 Å². The highest BCUT2D eigenvalue weighted by Crippen LogP contribution is 2.27. The smallest absolute Gasteiger partial charge is 0.408 e. The van der Waals surface area contributed by atoms with Crippen molar-refractivity contribution in [3.63, 3.8) is 0 Å². The molecule has 2 atom stereocenters. The molecule has 11 heteroatoms. The van der Waals surface area contributed by atoms with Crippen LogP contribution in [0.4, 0.5) is 4.79 Å². The topological polar surface area (TPSA) is 125 Å². The van der Waals surface area contributed by atoms with Crippen molar-refractivity contribution in [3.8, 4) is 0 Å². The molecule has 3 amide bonds. The monoisotopic (exact) mass is 619 g/mol. The molecule has 0 spiro atoms. The average Bonchev–Trinajstić information content (AvgIpc) is 2.96. The molecule has 42 heavy (non-hydrogen) atoms. The molecule has 0 aromatic heterocycles. The number of carbonyl (C=O) groups excluding carboxylic acids is 3. The molecule has 2 aromatic carbocycles. The van der Waals surface area contributed by atoms with Crippen molar-refractivity contribution in [1.29, 1.82) is 0 Å². The number of likely N-dealkylation sites (N-methyl/N-ethyl adjacent to an activating group) is 1. The molecule has 0 heterocycles. The largest absolute Gasteiger partial charge is 0.480 e. The second kappa shape index (κ2) is 17.0. The van der Waals surface area contributed by atoms with E-state index >= 15 is 0 Å². The van der Waals surface area contributed by atoms with E-state index in [1.54, 1.807) is 37.4 Å². The van der Waals surface area contributed by atoms with Gasteiger partial charge in [-0.25, -0.2) is 9.59 Å². The highest BCUT2D eigenvalue weighted by molar-refractivity contribution is 6.30. The van der Waals surface area contributed by atoms with Crippen LogP contribution in [0, 0.1) is 5.92 Å². The fourth-order valence-electron chi connectivity index (χ4n) is 5.05. The van der Waals surface area contributed by atoms with Crippen molar-refractivity contribution < 1.29 is 29.0 Å². The first-order chi connectivity index (χ1) is 20.1. The SMILES string of the molecule is CN(CCc1cccc(Cl)c1)C(=O)CC[C@H](NC(=O)[C@H](CC1CCCCC1)NC(=O)OCc1cccc(Cl)c1)C(=O)O. The lowest BCUT2D eigenvalue weighted by molar-refractivity contribution is -0.142. The van der Waals surface area contributed by atoms with Gasteiger partial charge in [-0.15, -0.1) is 0 Å². The number of carbonyl (C=O) groups is 4. The van der Waals surface area contributed by atoms with Crippen LogP contribution in [0.15, 0.2) is 48.5 Å². The number of amides is 3. The van der Waals surface area contributed by atoms with Crippen molar-refractivity contribution >= 4 is 47.1 Å². The standard InChI is InChI=1S/C31H39Cl2N3O6/c1-36(16-15-22-9-5-11-24(32)17-22)28(37)14-13-26(30(39)40)34-29(38)27(19-21-7-3-2-4-8-21)35-31(41)42-20-23-10-6-12-25(33)18-23/h5-6,9-12,17-18,21,26-27H,2-4,7-8,13-16,19-20H2,1H3,(H,34,38)(H,35,41)(H,39,40)/t26-,27-/m0/s1. The van der Waals surface area contributed by atoms with Crippen LogP contribution in [-0.4, -0.2) is 59.6 Å². The molecule has 2 aromatic rings. The van der Waals surface area contributed by atoms with Gasteiger partial charge in [-0.3, -0.25) is 9.59 Å². The summed E-state index contributed by atoms with van der Waals surface area (Å²) in [6, 6.07) is 12.0. The fourth-order valence-corrected chi connectivity index (χ4v) is 5.48. The molecule has 0 radical (unpaired) electrons. The maximum atomic E-state index is 13.3. The molecule has 1 saturated carbocycles. The highest BCUT2D eigenvalue weighted by Gasteiger charge is 2.30. The van der Waals surface area contributed by atoms with E-state index in [4.69, 9.17) is 27.9 Å². The third-order valence-corrected chi connectivity index (χ3v) is 7.94. The van der Waals surface area contributed by atoms with Gasteiger partial charge in [0.05, 0.1) is 0 Å². The lowest BCUT2D eigenvalue weighted by atomic mass is 9.84. The summed E-state index contributed by atoms with van der Waals surface area (Å²) in [6.07, 6.45) is 5.12. The second-order valence-electron chi connectivity index (χ2n) is 10.8. The van der Waals surface area contributed by atoms with Gasteiger partial charge in [0.25, 0.3) is 0 Å². The highest BCUT2D eigenvalue weighted by atomic mass is 35.5. The number of ether oxygens (including phenoxy) is 1. The number of aliphatic carboxylic acids is 1. The van der Waals surface area contributed by atoms with Crippen molar-refractivity contribution in [2.45, 2.75) is 76.5 Å². The number of nitrogens with zero attached hydrogens (tertiary/aromatic N) is 1. The zero-order valence-electron chi connectivity index (χ0n) is 23.8. The first-order valence-corrected chi connectivity index (χ1v) is 15.1. The third-order valence-electron chi connectivity index (χ3n) is 7.47. The summed E-state index contributed by atoms with van der Waals surface area (Å²) in [5.41, 5.74) is 1.68. The molecule has 1 aliphatic rings. The number of hydrogen-bond donors (Lipinski definition) is 3. The number of carboxylic acids is 1. The summed E-state index contributed by atoms with van der Waals surface area (Å²) in [7, 11) is 1.65. The molecule has 9 nitrogen and oxygen atoms in total. The van der Waals surface area contributed by atoms with Crippen LogP contribution in [0.25, 0.3) is 0 Å². The van der Waals surface area contributed by atoms with Crippen LogP contribution >= 0.6 is 23.2 Å². The lowest BCUT2D eigenvalue weighted by Gasteiger charge is -2.27. The molecular formula is C31H39Cl2N3O6. The van der Waals surface area contributed by atoms with Crippen LogP contribution in [-0.2, 0) is 32.1 Å².